The molecule has 1 amide bonds. The van der Waals surface area contributed by atoms with Gasteiger partial charge in [0.2, 0.25) is 0 Å². The first-order valence-corrected chi connectivity index (χ1v) is 6.89. The Morgan fingerprint density at radius 2 is 1.87 bits per heavy atom. The summed E-state index contributed by atoms with van der Waals surface area (Å²) < 4.78 is 0. The van der Waals surface area contributed by atoms with Crippen molar-refractivity contribution < 1.29 is 9.72 Å². The van der Waals surface area contributed by atoms with Crippen molar-refractivity contribution in [3.05, 3.63) is 70.3 Å². The van der Waals surface area contributed by atoms with Crippen molar-refractivity contribution in [2.24, 2.45) is 5.10 Å². The van der Waals surface area contributed by atoms with Crippen LogP contribution in [0.2, 0.25) is 0 Å². The van der Waals surface area contributed by atoms with E-state index in [1.807, 2.05) is 30.3 Å². The van der Waals surface area contributed by atoms with E-state index in [0.717, 1.165) is 5.69 Å². The molecule has 7 nitrogen and oxygen atoms in total. The third-order valence-electron chi connectivity index (χ3n) is 3.10. The second-order valence-electron chi connectivity index (χ2n) is 4.80. The predicted octanol–water partition coefficient (Wildman–Crippen LogP) is 2.18. The van der Waals surface area contributed by atoms with Gasteiger partial charge in [-0.05, 0) is 18.2 Å². The van der Waals surface area contributed by atoms with Crippen molar-refractivity contribution in [1.29, 1.82) is 0 Å². The van der Waals surface area contributed by atoms with Gasteiger partial charge in [0.1, 0.15) is 0 Å². The van der Waals surface area contributed by atoms with Gasteiger partial charge in [-0.3, -0.25) is 14.9 Å². The quantitative estimate of drug-likeness (QED) is 0.503. The summed E-state index contributed by atoms with van der Waals surface area (Å²) in [5.74, 6) is -0.314. The van der Waals surface area contributed by atoms with Gasteiger partial charge in [-0.2, -0.15) is 5.10 Å². The number of hydrazone groups is 1. The van der Waals surface area contributed by atoms with Crippen LogP contribution in [0, 0.1) is 10.1 Å². The van der Waals surface area contributed by atoms with E-state index in [-0.39, 0.29) is 18.1 Å². The smallest absolute Gasteiger partial charge is 0.278 e. The number of nitro groups is 1. The largest absolute Gasteiger partial charge is 0.365 e. The van der Waals surface area contributed by atoms with Crippen molar-refractivity contribution in [1.82, 2.24) is 5.43 Å². The van der Waals surface area contributed by atoms with E-state index in [9.17, 15) is 14.9 Å². The summed E-state index contributed by atoms with van der Waals surface area (Å²) in [6.45, 7) is 0.123. The van der Waals surface area contributed by atoms with E-state index in [1.165, 1.54) is 12.3 Å². The molecule has 7 heteroatoms. The van der Waals surface area contributed by atoms with Crippen LogP contribution in [-0.2, 0) is 4.79 Å². The van der Waals surface area contributed by atoms with Crippen LogP contribution in [0.1, 0.15) is 5.56 Å². The van der Waals surface area contributed by atoms with E-state index in [1.54, 1.807) is 30.1 Å². The molecule has 0 aromatic heterocycles. The van der Waals surface area contributed by atoms with Crippen LogP contribution in [0.3, 0.4) is 0 Å². The van der Waals surface area contributed by atoms with E-state index in [4.69, 9.17) is 0 Å². The number of hydrogen-bond donors (Lipinski definition) is 1. The standard InChI is InChI=1S/C16H16N4O3/c1-19(14-8-3-2-4-9-14)12-16(21)18-17-11-13-7-5-6-10-15(13)20(22)23/h2-11H,12H2,1H3,(H,18,21). The Labute approximate surface area is 133 Å². The Balaban J connectivity index is 1.93. The molecule has 0 bridgehead atoms. The molecule has 0 unspecified atom stereocenters. The normalized spacial score (nSPS) is 10.5. The first-order valence-electron chi connectivity index (χ1n) is 6.89. The lowest BCUT2D eigenvalue weighted by molar-refractivity contribution is -0.385. The van der Waals surface area contributed by atoms with Crippen LogP contribution >= 0.6 is 0 Å². The highest BCUT2D eigenvalue weighted by molar-refractivity contribution is 5.87. The van der Waals surface area contributed by atoms with Crippen LogP contribution in [0.25, 0.3) is 0 Å². The Morgan fingerprint density at radius 3 is 2.57 bits per heavy atom. The van der Waals surface area contributed by atoms with Crippen molar-refractivity contribution in [3.8, 4) is 0 Å². The number of carbonyl (C=O) groups is 1. The van der Waals surface area contributed by atoms with Crippen molar-refractivity contribution in [2.75, 3.05) is 18.5 Å². The van der Waals surface area contributed by atoms with E-state index in [2.05, 4.69) is 10.5 Å². The first kappa shape index (κ1) is 16.2. The highest BCUT2D eigenvalue weighted by Crippen LogP contribution is 2.15. The summed E-state index contributed by atoms with van der Waals surface area (Å²) in [5.41, 5.74) is 3.54. The van der Waals surface area contributed by atoms with Crippen molar-refractivity contribution in [3.63, 3.8) is 0 Å². The van der Waals surface area contributed by atoms with E-state index >= 15 is 0 Å². The predicted molar refractivity (Wildman–Crippen MR) is 88.5 cm³/mol. The Hall–Kier alpha value is -3.22. The van der Waals surface area contributed by atoms with Gasteiger partial charge in [-0.1, -0.05) is 30.3 Å². The molecule has 0 aliphatic carbocycles. The van der Waals surface area contributed by atoms with Crippen LogP contribution < -0.4 is 10.3 Å². The van der Waals surface area contributed by atoms with E-state index in [0.29, 0.717) is 5.56 Å². The summed E-state index contributed by atoms with van der Waals surface area (Å²) in [6.07, 6.45) is 1.26. The fourth-order valence-electron chi connectivity index (χ4n) is 1.96. The Bertz CT molecular complexity index is 716. The van der Waals surface area contributed by atoms with Gasteiger partial charge in [0, 0.05) is 18.8 Å². The molecule has 0 aliphatic heterocycles. The number of nitro benzene ring substituents is 1. The van der Waals surface area contributed by atoms with Crippen LogP contribution in [-0.4, -0.2) is 30.6 Å². The number of benzene rings is 2. The maximum atomic E-state index is 11.8. The number of rotatable bonds is 6. The SMILES string of the molecule is CN(CC(=O)NN=Cc1ccccc1[N+](=O)[O-])c1ccccc1. The molecule has 2 aromatic rings. The fourth-order valence-corrected chi connectivity index (χ4v) is 1.96. The maximum Gasteiger partial charge on any atom is 0.278 e. The number of likely N-dealkylation sites (N-methyl/N-ethyl adjacent to an activating group) is 1. The minimum atomic E-state index is -0.494. The number of nitrogens with one attached hydrogen (secondary N) is 1. The van der Waals surface area contributed by atoms with Crippen molar-refractivity contribution in [2.45, 2.75) is 0 Å². The van der Waals surface area contributed by atoms with Crippen molar-refractivity contribution >= 4 is 23.5 Å². The molecule has 0 radical (unpaired) electrons. The van der Waals surface area contributed by atoms with Gasteiger partial charge in [0.05, 0.1) is 23.2 Å². The molecule has 0 atom stereocenters. The molecule has 23 heavy (non-hydrogen) atoms. The third-order valence-corrected chi connectivity index (χ3v) is 3.10. The zero-order chi connectivity index (χ0) is 16.7. The average molecular weight is 312 g/mol. The van der Waals surface area contributed by atoms with Gasteiger partial charge >= 0.3 is 0 Å². The molecule has 118 valence electrons. The summed E-state index contributed by atoms with van der Waals surface area (Å²) in [6, 6.07) is 15.6. The Morgan fingerprint density at radius 1 is 1.22 bits per heavy atom. The zero-order valence-corrected chi connectivity index (χ0v) is 12.5. The number of nitrogens with zero attached hydrogens (tertiary/aromatic N) is 3. The zero-order valence-electron chi connectivity index (χ0n) is 12.5. The minimum Gasteiger partial charge on any atom is -0.365 e. The van der Waals surface area contributed by atoms with Gasteiger partial charge < -0.3 is 4.90 Å². The molecular formula is C16H16N4O3. The number of para-hydroxylation sites is 2. The minimum absolute atomic E-state index is 0.0631. The van der Waals surface area contributed by atoms with Gasteiger partial charge in [-0.25, -0.2) is 5.43 Å². The molecule has 0 saturated carbocycles. The molecule has 0 saturated heterocycles. The lowest BCUT2D eigenvalue weighted by atomic mass is 10.2. The van der Waals surface area contributed by atoms with Crippen LogP contribution in [0.4, 0.5) is 11.4 Å². The summed E-state index contributed by atoms with van der Waals surface area (Å²) in [7, 11) is 1.79. The highest BCUT2D eigenvalue weighted by atomic mass is 16.6. The molecular weight excluding hydrogens is 296 g/mol. The molecule has 2 rings (SSSR count). The average Bonchev–Trinajstić information content (AvgIpc) is 2.56. The lowest BCUT2D eigenvalue weighted by Crippen LogP contribution is -2.32. The molecule has 2 aromatic carbocycles. The Kier molecular flexibility index (Phi) is 5.40. The molecule has 1 N–H and O–H groups in total. The summed E-state index contributed by atoms with van der Waals surface area (Å²) >= 11 is 0. The summed E-state index contributed by atoms with van der Waals surface area (Å²) in [5, 5.41) is 14.6. The fraction of sp³-hybridized carbons (Fsp3) is 0.125. The maximum absolute atomic E-state index is 11.8. The second-order valence-corrected chi connectivity index (χ2v) is 4.80. The third kappa shape index (κ3) is 4.63. The monoisotopic (exact) mass is 312 g/mol. The van der Waals surface area contributed by atoms with Gasteiger partial charge in [-0.15, -0.1) is 0 Å². The first-order chi connectivity index (χ1) is 11.1. The van der Waals surface area contributed by atoms with Crippen LogP contribution in [0.15, 0.2) is 59.7 Å². The van der Waals surface area contributed by atoms with E-state index < -0.39 is 4.92 Å². The molecule has 0 fully saturated rings. The van der Waals surface area contributed by atoms with Gasteiger partial charge in [0.25, 0.3) is 11.6 Å². The number of carbonyl (C=O) groups excluding carboxylic acids is 1. The second kappa shape index (κ2) is 7.69. The number of hydrogen-bond acceptors (Lipinski definition) is 5. The van der Waals surface area contributed by atoms with Gasteiger partial charge in [0.15, 0.2) is 0 Å². The molecule has 0 aliphatic rings. The summed E-state index contributed by atoms with van der Waals surface area (Å²) in [4.78, 5) is 24.0. The number of amides is 1. The molecule has 0 spiro atoms. The topological polar surface area (TPSA) is 87.8 Å². The highest BCUT2D eigenvalue weighted by Gasteiger charge is 2.10. The van der Waals surface area contributed by atoms with Crippen LogP contribution in [0.5, 0.6) is 0 Å². The number of anilines is 1. The molecule has 0 heterocycles. The lowest BCUT2D eigenvalue weighted by Gasteiger charge is -2.17.